The summed E-state index contributed by atoms with van der Waals surface area (Å²) >= 11 is 0. The van der Waals surface area contributed by atoms with Gasteiger partial charge in [-0.1, -0.05) is 0 Å². The minimum Gasteiger partial charge on any atom is -0.408 e. The van der Waals surface area contributed by atoms with Gasteiger partial charge in [-0.15, -0.1) is 12.4 Å². The molecular weight excluding hydrogens is 456 g/mol. The van der Waals surface area contributed by atoms with Crippen LogP contribution in [0.3, 0.4) is 0 Å². The Morgan fingerprint density at radius 3 is 2.50 bits per heavy atom. The molecule has 4 heterocycles. The van der Waals surface area contributed by atoms with Crippen LogP contribution in [0.1, 0.15) is 48.9 Å². The lowest BCUT2D eigenvalue weighted by Gasteiger charge is -2.39. The van der Waals surface area contributed by atoms with E-state index in [1.165, 1.54) is 0 Å². The smallest absolute Gasteiger partial charge is 0.408 e. The van der Waals surface area contributed by atoms with Gasteiger partial charge in [0.1, 0.15) is 0 Å². The zero-order chi connectivity index (χ0) is 21.6. The van der Waals surface area contributed by atoms with Gasteiger partial charge in [0.25, 0.3) is 5.91 Å². The summed E-state index contributed by atoms with van der Waals surface area (Å²) in [5, 5.41) is 6.35. The Bertz CT molecular complexity index is 1130. The molecule has 3 N–H and O–H groups in total. The molecule has 176 valence electrons. The van der Waals surface area contributed by atoms with Crippen molar-refractivity contribution in [3.8, 4) is 0 Å². The molecule has 0 spiro atoms. The molecular formula is C21H29ClN4O5S. The topological polar surface area (TPSA) is 125 Å². The number of oxazole rings is 1. The molecule has 32 heavy (non-hydrogen) atoms. The Hall–Kier alpha value is -1.88. The van der Waals surface area contributed by atoms with Crippen molar-refractivity contribution in [1.82, 2.24) is 19.9 Å². The van der Waals surface area contributed by atoms with E-state index < -0.39 is 15.8 Å². The first-order valence-corrected chi connectivity index (χ1v) is 12.7. The second-order valence-electron chi connectivity index (χ2n) is 9.05. The number of piperidine rings is 2. The summed E-state index contributed by atoms with van der Waals surface area (Å²) < 4.78 is 33.1. The number of benzene rings is 1. The number of hydrogen-bond donors (Lipinski definition) is 3. The molecule has 3 aliphatic heterocycles. The fourth-order valence-corrected chi connectivity index (χ4v) is 7.89. The number of carbonyl (C=O) groups is 1. The Morgan fingerprint density at radius 2 is 1.81 bits per heavy atom. The highest BCUT2D eigenvalue weighted by atomic mass is 35.5. The first kappa shape index (κ1) is 23.3. The van der Waals surface area contributed by atoms with Gasteiger partial charge in [0.05, 0.1) is 11.3 Å². The van der Waals surface area contributed by atoms with Gasteiger partial charge in [0, 0.05) is 23.7 Å². The highest BCUT2D eigenvalue weighted by molar-refractivity contribution is 7.89. The average Bonchev–Trinajstić information content (AvgIpc) is 3.24. The first-order valence-electron chi connectivity index (χ1n) is 11.0. The Labute approximate surface area is 192 Å². The van der Waals surface area contributed by atoms with Crippen LogP contribution in [-0.4, -0.2) is 60.6 Å². The Balaban J connectivity index is 0.00000245. The van der Waals surface area contributed by atoms with Gasteiger partial charge in [0.15, 0.2) is 5.58 Å². The van der Waals surface area contributed by atoms with Crippen molar-refractivity contribution in [2.75, 3.05) is 18.8 Å². The van der Waals surface area contributed by atoms with Crippen LogP contribution >= 0.6 is 12.4 Å². The Morgan fingerprint density at radius 1 is 1.12 bits per heavy atom. The molecule has 2 aromatic rings. The largest absolute Gasteiger partial charge is 0.417 e. The summed E-state index contributed by atoms with van der Waals surface area (Å²) in [4.78, 5) is 26.6. The van der Waals surface area contributed by atoms with Crippen molar-refractivity contribution in [2.24, 2.45) is 5.92 Å². The number of carbonyl (C=O) groups excluding carboxylic acids is 1. The minimum absolute atomic E-state index is 0. The normalized spacial score (nSPS) is 26.7. The molecule has 11 heteroatoms. The van der Waals surface area contributed by atoms with E-state index in [4.69, 9.17) is 4.42 Å². The molecule has 3 fully saturated rings. The van der Waals surface area contributed by atoms with Crippen molar-refractivity contribution < 1.29 is 17.6 Å². The zero-order valence-electron chi connectivity index (χ0n) is 17.7. The lowest BCUT2D eigenvalue weighted by atomic mass is 9.99. The number of halogens is 1. The van der Waals surface area contributed by atoms with Crippen LogP contribution in [0.5, 0.6) is 0 Å². The molecule has 2 unspecified atom stereocenters. The van der Waals surface area contributed by atoms with Crippen LogP contribution in [-0.2, 0) is 10.0 Å². The van der Waals surface area contributed by atoms with Gasteiger partial charge in [-0.3, -0.25) is 9.78 Å². The second-order valence-corrected chi connectivity index (χ2v) is 11.0. The lowest BCUT2D eigenvalue weighted by molar-refractivity contribution is 0.0909. The summed E-state index contributed by atoms with van der Waals surface area (Å²) in [5.41, 5.74) is 1.31. The molecule has 0 aliphatic carbocycles. The van der Waals surface area contributed by atoms with Gasteiger partial charge < -0.3 is 15.1 Å². The molecule has 1 aromatic heterocycles. The number of amides is 1. The van der Waals surface area contributed by atoms with E-state index >= 15 is 0 Å². The number of nitrogens with zero attached hydrogens (tertiary/aromatic N) is 1. The molecule has 3 atom stereocenters. The van der Waals surface area contributed by atoms with Crippen molar-refractivity contribution in [3.63, 3.8) is 0 Å². The lowest BCUT2D eigenvalue weighted by Crippen LogP contribution is -2.53. The van der Waals surface area contributed by atoms with E-state index in [0.29, 0.717) is 29.5 Å². The minimum atomic E-state index is -3.30. The zero-order valence-corrected chi connectivity index (χ0v) is 19.3. The maximum Gasteiger partial charge on any atom is 0.417 e. The van der Waals surface area contributed by atoms with E-state index in [-0.39, 0.29) is 48.1 Å². The summed E-state index contributed by atoms with van der Waals surface area (Å²) in [6, 6.07) is 4.70. The molecule has 2 bridgehead atoms. The maximum absolute atomic E-state index is 13.2. The number of hydrogen-bond acceptors (Lipinski definition) is 6. The average molecular weight is 485 g/mol. The van der Waals surface area contributed by atoms with E-state index in [2.05, 4.69) is 15.6 Å². The quantitative estimate of drug-likeness (QED) is 0.592. The monoisotopic (exact) mass is 484 g/mol. The van der Waals surface area contributed by atoms with Gasteiger partial charge in [-0.05, 0) is 75.7 Å². The molecule has 3 saturated heterocycles. The van der Waals surface area contributed by atoms with Crippen molar-refractivity contribution in [3.05, 3.63) is 34.3 Å². The van der Waals surface area contributed by atoms with Crippen LogP contribution in [0.25, 0.3) is 11.1 Å². The molecule has 3 aliphatic rings. The molecule has 0 radical (unpaired) electrons. The van der Waals surface area contributed by atoms with Gasteiger partial charge in [-0.2, -0.15) is 4.31 Å². The maximum atomic E-state index is 13.2. The van der Waals surface area contributed by atoms with Gasteiger partial charge >= 0.3 is 5.76 Å². The highest BCUT2D eigenvalue weighted by Crippen LogP contribution is 2.39. The van der Waals surface area contributed by atoms with Crippen LogP contribution in [0.2, 0.25) is 0 Å². The first-order chi connectivity index (χ1) is 14.9. The molecule has 1 aromatic carbocycles. The summed E-state index contributed by atoms with van der Waals surface area (Å²) in [7, 11) is -3.30. The fourth-order valence-electron chi connectivity index (χ4n) is 5.49. The van der Waals surface area contributed by atoms with Crippen LogP contribution in [0.4, 0.5) is 0 Å². The summed E-state index contributed by atoms with van der Waals surface area (Å²) in [6.45, 7) is 1.78. The number of H-pyrrole nitrogens is 1. The number of rotatable bonds is 5. The van der Waals surface area contributed by atoms with E-state index in [1.807, 2.05) is 0 Å². The standard InChI is InChI=1S/C21H28N4O5S.ClH/c26-20(14-1-4-18-19(9-14)30-21(27)24-18)23-15-10-16-2-3-17(11-15)25(16)31(28,29)12-13-5-7-22-8-6-13;/h1,4,9,13,15-17,22H,2-3,5-8,10-12H2,(H,23,26)(H,24,27);1H/t15?,16-,17?;/m1./s1. The predicted molar refractivity (Wildman–Crippen MR) is 123 cm³/mol. The van der Waals surface area contributed by atoms with E-state index in [9.17, 15) is 18.0 Å². The van der Waals surface area contributed by atoms with Crippen molar-refractivity contribution in [2.45, 2.75) is 56.7 Å². The van der Waals surface area contributed by atoms with Crippen LogP contribution in [0.15, 0.2) is 27.4 Å². The number of nitrogens with one attached hydrogen (secondary N) is 3. The molecule has 1 amide bonds. The second kappa shape index (κ2) is 9.17. The SMILES string of the molecule is Cl.O=C(NC1CC2CC[C@H](C1)N2S(=O)(=O)CC1CCNCC1)c1ccc2[nH]c(=O)oc2c1. The van der Waals surface area contributed by atoms with Crippen LogP contribution < -0.4 is 16.4 Å². The van der Waals surface area contributed by atoms with Crippen molar-refractivity contribution >= 4 is 39.4 Å². The van der Waals surface area contributed by atoms with Crippen LogP contribution in [0, 0.1) is 5.92 Å². The number of aromatic amines is 1. The summed E-state index contributed by atoms with van der Waals surface area (Å²) in [5.74, 6) is -0.324. The third kappa shape index (κ3) is 4.59. The number of sulfonamides is 1. The highest BCUT2D eigenvalue weighted by Gasteiger charge is 2.47. The van der Waals surface area contributed by atoms with Crippen molar-refractivity contribution in [1.29, 1.82) is 0 Å². The predicted octanol–water partition coefficient (Wildman–Crippen LogP) is 1.60. The Kier molecular flexibility index (Phi) is 6.67. The molecule has 9 nitrogen and oxygen atoms in total. The third-order valence-electron chi connectivity index (χ3n) is 6.91. The van der Waals surface area contributed by atoms with Gasteiger partial charge in [0.2, 0.25) is 10.0 Å². The van der Waals surface area contributed by atoms with Gasteiger partial charge in [-0.25, -0.2) is 13.2 Å². The van der Waals surface area contributed by atoms with E-state index in [1.54, 1.807) is 22.5 Å². The number of aromatic nitrogens is 1. The fraction of sp³-hybridized carbons (Fsp3) is 0.619. The number of fused-ring (bicyclic) bond motifs is 3. The molecule has 5 rings (SSSR count). The van der Waals surface area contributed by atoms with E-state index in [0.717, 1.165) is 38.8 Å². The summed E-state index contributed by atoms with van der Waals surface area (Å²) in [6.07, 6.45) is 4.79. The third-order valence-corrected chi connectivity index (χ3v) is 9.04. The molecule has 0 saturated carbocycles.